The van der Waals surface area contributed by atoms with E-state index in [0.717, 1.165) is 17.5 Å². The molecule has 0 aliphatic carbocycles. The van der Waals surface area contributed by atoms with Gasteiger partial charge in [-0.25, -0.2) is 0 Å². The third-order valence-corrected chi connectivity index (χ3v) is 9.69. The van der Waals surface area contributed by atoms with Crippen LogP contribution in [-0.4, -0.2) is 4.98 Å². The summed E-state index contributed by atoms with van der Waals surface area (Å²) in [5, 5.41) is 4.23. The zero-order chi connectivity index (χ0) is 19.4. The molecule has 3 aromatic carbocycles. The van der Waals surface area contributed by atoms with E-state index in [-0.39, 0.29) is 0 Å². The summed E-state index contributed by atoms with van der Waals surface area (Å²) >= 11 is 0. The van der Waals surface area contributed by atoms with Crippen LogP contribution in [0, 0.1) is 13.8 Å². The molecule has 0 fully saturated rings. The molecule has 1 aromatic heterocycles. The second-order valence-corrected chi connectivity index (χ2v) is 10.7. The lowest BCUT2D eigenvalue weighted by atomic mass is 10.2. The fraction of sp³-hybridized carbons (Fsp3) is 0.115. The zero-order valence-corrected chi connectivity index (χ0v) is 17.3. The van der Waals surface area contributed by atoms with Crippen LogP contribution in [0.25, 0.3) is 0 Å². The van der Waals surface area contributed by atoms with Crippen LogP contribution < -0.4 is 15.9 Å². The Balaban J connectivity index is 2.01. The lowest BCUT2D eigenvalue weighted by Crippen LogP contribution is -2.32. The average Bonchev–Trinajstić information content (AvgIpc) is 2.75. The van der Waals surface area contributed by atoms with Gasteiger partial charge in [-0.1, -0.05) is 60.7 Å². The molecule has 0 unspecified atom stereocenters. The first-order chi connectivity index (χ1) is 13.7. The first-order valence-electron chi connectivity index (χ1n) is 9.68. The van der Waals surface area contributed by atoms with Crippen LogP contribution in [0.15, 0.2) is 103 Å². The summed E-state index contributed by atoms with van der Waals surface area (Å²) in [4.78, 5) is 4.76. The molecule has 0 saturated carbocycles. The molecule has 0 spiro atoms. The topological polar surface area (TPSA) is 12.9 Å². The Labute approximate surface area is 168 Å². The van der Waals surface area contributed by atoms with Gasteiger partial charge in [-0.2, -0.15) is 0 Å². The van der Waals surface area contributed by atoms with Gasteiger partial charge in [0.15, 0.2) is 0 Å². The monoisotopic (exact) mass is 382 g/mol. The molecule has 0 aliphatic rings. The summed E-state index contributed by atoms with van der Waals surface area (Å²) in [6.07, 6.45) is 0.976. The maximum Gasteiger partial charge on any atom is 0.116 e. The number of pyridine rings is 1. The standard InChI is InChI=1S/C26H25NP/c1-21-18-19-23(22(2)27-21)20-28(24-12-6-3-7-13-24,25-14-8-4-9-15-25)26-16-10-5-11-17-26/h3-19H,20H2,1-2H3/q+1. The van der Waals surface area contributed by atoms with Crippen molar-refractivity contribution in [2.75, 3.05) is 0 Å². The van der Waals surface area contributed by atoms with E-state index in [1.807, 2.05) is 0 Å². The van der Waals surface area contributed by atoms with Gasteiger partial charge in [0.05, 0.1) is 0 Å². The highest BCUT2D eigenvalue weighted by Gasteiger charge is 2.45. The highest BCUT2D eigenvalue weighted by molar-refractivity contribution is 7.95. The number of aryl methyl sites for hydroxylation is 2. The molecule has 0 radical (unpaired) electrons. The van der Waals surface area contributed by atoms with Gasteiger partial charge in [0.2, 0.25) is 0 Å². The number of nitrogens with zero attached hydrogens (tertiary/aromatic N) is 1. The summed E-state index contributed by atoms with van der Waals surface area (Å²) < 4.78 is 0. The van der Waals surface area contributed by atoms with E-state index < -0.39 is 7.26 Å². The largest absolute Gasteiger partial charge is 0.258 e. The third-order valence-electron chi connectivity index (χ3n) is 5.33. The summed E-state index contributed by atoms with van der Waals surface area (Å²) in [5.74, 6) is 0. The Morgan fingerprint density at radius 1 is 0.571 bits per heavy atom. The van der Waals surface area contributed by atoms with E-state index in [2.05, 4.69) is 117 Å². The van der Waals surface area contributed by atoms with Gasteiger partial charge < -0.3 is 0 Å². The molecule has 1 heterocycles. The maximum atomic E-state index is 4.76. The van der Waals surface area contributed by atoms with E-state index in [9.17, 15) is 0 Å². The molecule has 0 N–H and O–H groups in total. The van der Waals surface area contributed by atoms with Crippen molar-refractivity contribution in [1.29, 1.82) is 0 Å². The minimum atomic E-state index is -1.86. The van der Waals surface area contributed by atoms with Gasteiger partial charge >= 0.3 is 0 Å². The fourth-order valence-corrected chi connectivity index (χ4v) is 8.24. The lowest BCUT2D eigenvalue weighted by Gasteiger charge is -2.28. The van der Waals surface area contributed by atoms with Crippen LogP contribution in [0.5, 0.6) is 0 Å². The molecule has 4 rings (SSSR count). The molecule has 0 bridgehead atoms. The summed E-state index contributed by atoms with van der Waals surface area (Å²) in [7, 11) is -1.86. The Hall–Kier alpha value is -2.76. The summed E-state index contributed by atoms with van der Waals surface area (Å²) in [6.45, 7) is 4.20. The Bertz CT molecular complexity index is 947. The van der Waals surface area contributed by atoms with Gasteiger partial charge in [-0.05, 0) is 56.3 Å². The molecule has 138 valence electrons. The quantitative estimate of drug-likeness (QED) is 0.433. The normalized spacial score (nSPS) is 11.4. The van der Waals surface area contributed by atoms with E-state index in [1.54, 1.807) is 0 Å². The maximum absolute atomic E-state index is 4.76. The molecular formula is C26H25NP+. The number of hydrogen-bond donors (Lipinski definition) is 0. The van der Waals surface area contributed by atoms with Crippen molar-refractivity contribution >= 4 is 23.2 Å². The van der Waals surface area contributed by atoms with Crippen molar-refractivity contribution in [2.24, 2.45) is 0 Å². The van der Waals surface area contributed by atoms with Crippen molar-refractivity contribution < 1.29 is 0 Å². The van der Waals surface area contributed by atoms with Crippen molar-refractivity contribution in [3.8, 4) is 0 Å². The molecule has 28 heavy (non-hydrogen) atoms. The van der Waals surface area contributed by atoms with Gasteiger partial charge in [0, 0.05) is 17.0 Å². The lowest BCUT2D eigenvalue weighted by molar-refractivity contribution is 1.08. The van der Waals surface area contributed by atoms with Crippen LogP contribution in [0.1, 0.15) is 17.0 Å². The number of aromatic nitrogens is 1. The third kappa shape index (κ3) is 3.51. The van der Waals surface area contributed by atoms with Crippen molar-refractivity contribution in [3.63, 3.8) is 0 Å². The molecule has 2 heteroatoms. The number of hydrogen-bond acceptors (Lipinski definition) is 1. The first kappa shape index (κ1) is 18.6. The van der Waals surface area contributed by atoms with Gasteiger partial charge in [0.25, 0.3) is 0 Å². The van der Waals surface area contributed by atoms with Crippen molar-refractivity contribution in [2.45, 2.75) is 20.0 Å². The second kappa shape index (κ2) is 8.09. The summed E-state index contributed by atoms with van der Waals surface area (Å²) in [6, 6.07) is 37.5. The SMILES string of the molecule is Cc1ccc(C[P+](c2ccccc2)(c2ccccc2)c2ccccc2)c(C)n1. The molecule has 0 aliphatic heterocycles. The Kier molecular flexibility index (Phi) is 5.37. The van der Waals surface area contributed by atoms with Crippen molar-refractivity contribution in [1.82, 2.24) is 4.98 Å². The van der Waals surface area contributed by atoms with E-state index in [4.69, 9.17) is 4.98 Å². The number of benzene rings is 3. The predicted octanol–water partition coefficient (Wildman–Crippen LogP) is 5.19. The van der Waals surface area contributed by atoms with Gasteiger partial charge in [-0.15, -0.1) is 0 Å². The zero-order valence-electron chi connectivity index (χ0n) is 16.4. The van der Waals surface area contributed by atoms with Crippen LogP contribution in [0.2, 0.25) is 0 Å². The highest BCUT2D eigenvalue weighted by atomic mass is 31.2. The molecule has 4 aromatic rings. The minimum Gasteiger partial charge on any atom is -0.258 e. The van der Waals surface area contributed by atoms with Crippen LogP contribution >= 0.6 is 7.26 Å². The minimum absolute atomic E-state index is 0.976. The fourth-order valence-electron chi connectivity index (χ4n) is 3.91. The second-order valence-electron chi connectivity index (χ2n) is 7.17. The molecule has 0 amide bonds. The number of rotatable bonds is 5. The van der Waals surface area contributed by atoms with Gasteiger partial charge in [0.1, 0.15) is 29.3 Å². The molecule has 1 nitrogen and oxygen atoms in total. The smallest absolute Gasteiger partial charge is 0.116 e. The average molecular weight is 382 g/mol. The van der Waals surface area contributed by atoms with Crippen LogP contribution in [0.3, 0.4) is 0 Å². The van der Waals surface area contributed by atoms with Gasteiger partial charge in [-0.3, -0.25) is 4.98 Å². The summed E-state index contributed by atoms with van der Waals surface area (Å²) in [5.41, 5.74) is 3.53. The van der Waals surface area contributed by atoms with E-state index in [1.165, 1.54) is 21.5 Å². The van der Waals surface area contributed by atoms with Crippen molar-refractivity contribution in [3.05, 3.63) is 120 Å². The van der Waals surface area contributed by atoms with E-state index >= 15 is 0 Å². The van der Waals surface area contributed by atoms with E-state index in [0.29, 0.717) is 0 Å². The molecular weight excluding hydrogens is 357 g/mol. The highest BCUT2D eigenvalue weighted by Crippen LogP contribution is 2.58. The predicted molar refractivity (Wildman–Crippen MR) is 123 cm³/mol. The first-order valence-corrected chi connectivity index (χ1v) is 11.7. The molecule has 0 atom stereocenters. The van der Waals surface area contributed by atoms with Crippen LogP contribution in [-0.2, 0) is 6.16 Å². The molecule has 0 saturated heterocycles. The Morgan fingerprint density at radius 2 is 1.00 bits per heavy atom. The van der Waals surface area contributed by atoms with Crippen LogP contribution in [0.4, 0.5) is 0 Å². The Morgan fingerprint density at radius 3 is 1.39 bits per heavy atom.